The molecule has 1 aromatic rings. The smallest absolute Gasteiger partial charge is 0.272 e. The zero-order valence-corrected chi connectivity index (χ0v) is 29.5. The molecule has 1 aromatic heterocycles. The highest BCUT2D eigenvalue weighted by molar-refractivity contribution is 5.98. The van der Waals surface area contributed by atoms with Gasteiger partial charge in [-0.15, -0.1) is 0 Å². The molecule has 5 amide bonds. The minimum absolute atomic E-state index is 0.0544. The number of rotatable bonds is 13. The largest absolute Gasteiger partial charge is 0.381 e. The van der Waals surface area contributed by atoms with Gasteiger partial charge in [0.25, 0.3) is 11.8 Å². The second-order valence-electron chi connectivity index (χ2n) is 15.7. The summed E-state index contributed by atoms with van der Waals surface area (Å²) < 4.78 is 0. The van der Waals surface area contributed by atoms with Crippen LogP contribution < -0.4 is 21.3 Å². The third kappa shape index (κ3) is 8.95. The van der Waals surface area contributed by atoms with Crippen molar-refractivity contribution in [3.63, 3.8) is 0 Å². The van der Waals surface area contributed by atoms with Gasteiger partial charge in [0.2, 0.25) is 17.7 Å². The van der Waals surface area contributed by atoms with Crippen molar-refractivity contribution in [2.45, 2.75) is 141 Å². The molecule has 1 saturated heterocycles. The number of carbonyl (C=O) groups is 5. The number of aliphatic hydroxyl groups is 1. The van der Waals surface area contributed by atoms with Gasteiger partial charge >= 0.3 is 0 Å². The van der Waals surface area contributed by atoms with Crippen LogP contribution >= 0.6 is 0 Å². The van der Waals surface area contributed by atoms with Gasteiger partial charge in [0.15, 0.2) is 6.10 Å². The minimum Gasteiger partial charge on any atom is -0.381 e. The highest BCUT2D eigenvalue weighted by Crippen LogP contribution is 2.43. The molecule has 3 saturated carbocycles. The van der Waals surface area contributed by atoms with E-state index in [1.54, 1.807) is 4.90 Å². The van der Waals surface area contributed by atoms with Gasteiger partial charge < -0.3 is 31.3 Å². The Hall–Kier alpha value is -3.61. The molecule has 3 aliphatic carbocycles. The molecule has 0 spiro atoms. The Kier molecular flexibility index (Phi) is 11.9. The number of hydrogen-bond acceptors (Lipinski definition) is 8. The van der Waals surface area contributed by atoms with Crippen molar-refractivity contribution < 1.29 is 29.1 Å². The van der Waals surface area contributed by atoms with E-state index in [1.165, 1.54) is 18.6 Å². The number of aromatic nitrogens is 2. The van der Waals surface area contributed by atoms with E-state index in [-0.39, 0.29) is 41.3 Å². The second-order valence-corrected chi connectivity index (χ2v) is 15.7. The number of nitrogens with zero attached hydrogens (tertiary/aromatic N) is 3. The van der Waals surface area contributed by atoms with Gasteiger partial charge in [0, 0.05) is 25.0 Å². The first-order valence-electron chi connectivity index (χ1n) is 18.4. The number of likely N-dealkylation sites (tertiary alicyclic amines) is 1. The maximum atomic E-state index is 14.6. The van der Waals surface area contributed by atoms with Crippen LogP contribution in [0.5, 0.6) is 0 Å². The normalized spacial score (nSPS) is 25.0. The Morgan fingerprint density at radius 3 is 2.29 bits per heavy atom. The molecule has 1 aliphatic heterocycles. The van der Waals surface area contributed by atoms with Crippen molar-refractivity contribution in [1.82, 2.24) is 36.1 Å². The Labute approximate surface area is 289 Å². The first kappa shape index (κ1) is 36.7. The predicted molar refractivity (Wildman–Crippen MR) is 182 cm³/mol. The van der Waals surface area contributed by atoms with Crippen molar-refractivity contribution in [2.24, 2.45) is 23.2 Å². The van der Waals surface area contributed by atoms with Crippen LogP contribution in [0, 0.1) is 23.2 Å². The SMILES string of the molecule is CCC[C@H](NC(=O)[C@@H]1[C@H]2CCC[C@H]2CN1C(=O)C(NC(=O)[C@@H](NC(=O)c1cnccn1)C1CCCCC1)C(C)(C)C)C(O)C(=O)NC1CC1. The Morgan fingerprint density at radius 2 is 1.65 bits per heavy atom. The number of amides is 5. The van der Waals surface area contributed by atoms with E-state index < -0.39 is 53.4 Å². The molecule has 5 N–H and O–H groups in total. The van der Waals surface area contributed by atoms with Gasteiger partial charge in [0.05, 0.1) is 12.2 Å². The number of carbonyl (C=O) groups excluding carboxylic acids is 5. The van der Waals surface area contributed by atoms with Crippen LogP contribution in [0.1, 0.15) is 115 Å². The molecule has 0 bridgehead atoms. The van der Waals surface area contributed by atoms with Crippen molar-refractivity contribution in [1.29, 1.82) is 0 Å². The lowest BCUT2D eigenvalue weighted by Crippen LogP contribution is -2.62. The maximum absolute atomic E-state index is 14.6. The third-order valence-corrected chi connectivity index (χ3v) is 10.8. The predicted octanol–water partition coefficient (Wildman–Crippen LogP) is 2.24. The lowest BCUT2D eigenvalue weighted by Gasteiger charge is -2.38. The fourth-order valence-electron chi connectivity index (χ4n) is 8.00. The Bertz CT molecular complexity index is 1340. The number of hydrogen-bond donors (Lipinski definition) is 5. The van der Waals surface area contributed by atoms with Gasteiger partial charge in [-0.25, -0.2) is 4.98 Å². The van der Waals surface area contributed by atoms with Crippen LogP contribution in [0.3, 0.4) is 0 Å². The fraction of sp³-hybridized carbons (Fsp3) is 0.750. The van der Waals surface area contributed by atoms with Crippen LogP contribution in [0.25, 0.3) is 0 Å². The summed E-state index contributed by atoms with van der Waals surface area (Å²) >= 11 is 0. The van der Waals surface area contributed by atoms with Crippen molar-refractivity contribution in [3.8, 4) is 0 Å². The van der Waals surface area contributed by atoms with Crippen molar-refractivity contribution >= 4 is 29.5 Å². The molecule has 49 heavy (non-hydrogen) atoms. The summed E-state index contributed by atoms with van der Waals surface area (Å²) in [6.45, 7) is 7.95. The highest BCUT2D eigenvalue weighted by Gasteiger charge is 2.52. The van der Waals surface area contributed by atoms with Crippen molar-refractivity contribution in [2.75, 3.05) is 6.54 Å². The third-order valence-electron chi connectivity index (χ3n) is 10.8. The van der Waals surface area contributed by atoms with E-state index in [9.17, 15) is 29.1 Å². The lowest BCUT2D eigenvalue weighted by atomic mass is 9.82. The summed E-state index contributed by atoms with van der Waals surface area (Å²) in [5.41, 5.74) is -0.618. The highest BCUT2D eigenvalue weighted by atomic mass is 16.3. The van der Waals surface area contributed by atoms with E-state index in [4.69, 9.17) is 0 Å². The first-order chi connectivity index (χ1) is 23.4. The maximum Gasteiger partial charge on any atom is 0.272 e. The van der Waals surface area contributed by atoms with E-state index in [0.29, 0.717) is 19.4 Å². The van der Waals surface area contributed by atoms with Crippen LogP contribution in [0.4, 0.5) is 0 Å². The molecular formula is C36H55N7O6. The lowest BCUT2D eigenvalue weighted by molar-refractivity contribution is -0.146. The molecule has 4 fully saturated rings. The standard InChI is InChI=1S/C36H55N7O6/c1-5-10-25(29(44)34(48)39-23-15-16-23)40-33(47)28-24-14-9-13-22(24)20-43(28)35(49)30(36(2,3)4)42-32(46)27(21-11-7-6-8-12-21)41-31(45)26-19-37-17-18-38-26/h17-19,21-25,27-30,44H,5-16,20H2,1-4H3,(H,39,48)(H,40,47)(H,41,45)(H,42,46)/t22-,24-,25-,27-,28-,29?,30?/m0/s1. The summed E-state index contributed by atoms with van der Waals surface area (Å²) in [5, 5.41) is 22.6. The number of nitrogens with one attached hydrogen (secondary N) is 4. The Morgan fingerprint density at radius 1 is 0.918 bits per heavy atom. The molecule has 270 valence electrons. The van der Waals surface area contributed by atoms with Gasteiger partial charge in [0.1, 0.15) is 23.8 Å². The average Bonchev–Trinajstić information content (AvgIpc) is 3.65. The summed E-state index contributed by atoms with van der Waals surface area (Å²) in [4.78, 5) is 78.5. The first-order valence-corrected chi connectivity index (χ1v) is 18.4. The van der Waals surface area contributed by atoms with E-state index in [1.807, 2.05) is 27.7 Å². The summed E-state index contributed by atoms with van der Waals surface area (Å²) in [6.07, 6.45) is 12.8. The molecule has 0 radical (unpaired) electrons. The molecule has 13 nitrogen and oxygen atoms in total. The van der Waals surface area contributed by atoms with Gasteiger partial charge in [-0.3, -0.25) is 29.0 Å². The molecule has 13 heteroatoms. The zero-order valence-electron chi connectivity index (χ0n) is 29.5. The second kappa shape index (κ2) is 15.9. The van der Waals surface area contributed by atoms with Crippen LogP contribution in [0.2, 0.25) is 0 Å². The van der Waals surface area contributed by atoms with Crippen LogP contribution in [0.15, 0.2) is 18.6 Å². The summed E-state index contributed by atoms with van der Waals surface area (Å²) in [6, 6.07) is -3.35. The van der Waals surface area contributed by atoms with E-state index in [0.717, 1.165) is 64.2 Å². The number of aliphatic hydroxyl groups excluding tert-OH is 1. The fourth-order valence-corrected chi connectivity index (χ4v) is 8.00. The number of fused-ring (bicyclic) bond motifs is 1. The summed E-state index contributed by atoms with van der Waals surface area (Å²) in [7, 11) is 0. The van der Waals surface area contributed by atoms with Gasteiger partial charge in [-0.05, 0) is 68.1 Å². The quantitative estimate of drug-likeness (QED) is 0.210. The zero-order chi connectivity index (χ0) is 35.3. The molecular weight excluding hydrogens is 626 g/mol. The molecule has 0 aromatic carbocycles. The van der Waals surface area contributed by atoms with Gasteiger partial charge in [-0.1, -0.05) is 59.8 Å². The monoisotopic (exact) mass is 681 g/mol. The average molecular weight is 682 g/mol. The molecule has 5 rings (SSSR count). The van der Waals surface area contributed by atoms with E-state index in [2.05, 4.69) is 31.2 Å². The van der Waals surface area contributed by atoms with Crippen molar-refractivity contribution in [3.05, 3.63) is 24.3 Å². The van der Waals surface area contributed by atoms with Crippen LogP contribution in [-0.4, -0.2) is 92.4 Å². The molecule has 7 atom stereocenters. The Balaban J connectivity index is 1.35. The van der Waals surface area contributed by atoms with Gasteiger partial charge in [-0.2, -0.15) is 0 Å². The topological polar surface area (TPSA) is 183 Å². The molecule has 2 heterocycles. The summed E-state index contributed by atoms with van der Waals surface area (Å²) in [5.74, 6) is -2.18. The molecule has 2 unspecified atom stereocenters. The van der Waals surface area contributed by atoms with E-state index >= 15 is 0 Å². The van der Waals surface area contributed by atoms with Crippen LogP contribution in [-0.2, 0) is 19.2 Å². The molecule has 4 aliphatic rings. The minimum atomic E-state index is -1.40.